The van der Waals surface area contributed by atoms with Crippen molar-refractivity contribution in [3.05, 3.63) is 29.8 Å². The van der Waals surface area contributed by atoms with Crippen LogP contribution in [0.1, 0.15) is 5.56 Å². The van der Waals surface area contributed by atoms with E-state index in [1.54, 1.807) is 37.6 Å². The number of ether oxygens (including phenoxy) is 2. The van der Waals surface area contributed by atoms with Gasteiger partial charge in [0.2, 0.25) is 11.8 Å². The van der Waals surface area contributed by atoms with E-state index in [9.17, 15) is 10.1 Å². The van der Waals surface area contributed by atoms with Gasteiger partial charge in [-0.2, -0.15) is 10.2 Å². The van der Waals surface area contributed by atoms with Crippen LogP contribution in [0.5, 0.6) is 17.4 Å². The van der Waals surface area contributed by atoms with Gasteiger partial charge in [-0.25, -0.2) is 4.98 Å². The number of hydrogen-bond acceptors (Lipinski definition) is 8. The van der Waals surface area contributed by atoms with Gasteiger partial charge in [-0.1, -0.05) is 23.5 Å². The number of rotatable bonds is 7. The Morgan fingerprint density at radius 2 is 1.96 bits per heavy atom. The minimum atomic E-state index is -0.495. The number of carbonyl (C=O) groups excluding carboxylic acids is 1. The molecule has 124 valence electrons. The highest BCUT2D eigenvalue weighted by molar-refractivity contribution is 8.00. The van der Waals surface area contributed by atoms with Crippen LogP contribution in [0.2, 0.25) is 0 Å². The van der Waals surface area contributed by atoms with Crippen molar-refractivity contribution in [2.45, 2.75) is 10.2 Å². The average molecular weight is 362 g/mol. The maximum Gasteiger partial charge on any atom is 0.242 e. The number of nitriles is 1. The highest BCUT2D eigenvalue weighted by atomic mass is 32.2. The Morgan fingerprint density at radius 3 is 2.50 bits per heavy atom. The highest BCUT2D eigenvalue weighted by Crippen LogP contribution is 2.32. The normalized spacial score (nSPS) is 10.0. The van der Waals surface area contributed by atoms with Crippen LogP contribution < -0.4 is 15.2 Å². The smallest absolute Gasteiger partial charge is 0.242 e. The minimum absolute atomic E-state index is 0.0154. The lowest BCUT2D eigenvalue weighted by Gasteiger charge is -2.10. The molecule has 0 saturated carbocycles. The Morgan fingerprint density at radius 1 is 1.29 bits per heavy atom. The predicted octanol–water partition coefficient (Wildman–Crippen LogP) is 2.45. The molecule has 1 aromatic heterocycles. The van der Waals surface area contributed by atoms with E-state index in [0.29, 0.717) is 21.7 Å². The molecule has 0 unspecified atom stereocenters. The van der Waals surface area contributed by atoms with Crippen molar-refractivity contribution in [1.82, 2.24) is 9.97 Å². The fraction of sp³-hybridized carbons (Fsp3) is 0.200. The van der Waals surface area contributed by atoms with Crippen LogP contribution in [0.15, 0.2) is 34.4 Å². The van der Waals surface area contributed by atoms with Crippen molar-refractivity contribution in [1.29, 1.82) is 5.26 Å². The number of amides is 1. The number of nitrogens with two attached hydrogens (primary N) is 1. The molecule has 0 spiro atoms. The molecule has 0 bridgehead atoms. The number of nitrogens with zero attached hydrogens (tertiary/aromatic N) is 3. The summed E-state index contributed by atoms with van der Waals surface area (Å²) in [6, 6.07) is 8.91. The summed E-state index contributed by atoms with van der Waals surface area (Å²) in [7, 11) is 1.57. The largest absolute Gasteiger partial charge is 0.497 e. The first kappa shape index (κ1) is 17.9. The molecule has 0 saturated heterocycles. The quantitative estimate of drug-likeness (QED) is 0.454. The van der Waals surface area contributed by atoms with Crippen molar-refractivity contribution in [2.75, 3.05) is 19.1 Å². The summed E-state index contributed by atoms with van der Waals surface area (Å²) in [5.74, 6) is 0.846. The number of methoxy groups -OCH3 is 1. The second-order valence-corrected chi connectivity index (χ2v) is 6.08. The molecule has 1 amide bonds. The number of primary amides is 1. The topological polar surface area (TPSA) is 111 Å². The molecule has 0 radical (unpaired) electrons. The van der Waals surface area contributed by atoms with Gasteiger partial charge < -0.3 is 15.2 Å². The van der Waals surface area contributed by atoms with Crippen molar-refractivity contribution in [3.8, 4) is 23.4 Å². The number of aromatic nitrogens is 2. The standard InChI is InChI=1S/C15H14N4O3S2/c1-21-9-3-5-10(6-4-9)22-13-11(7-16)14(24-8-12(17)20)19-15(18-13)23-2/h3-6H,8H2,1-2H3,(H2,17,20). The molecule has 2 N–H and O–H groups in total. The lowest BCUT2D eigenvalue weighted by Crippen LogP contribution is -2.13. The van der Waals surface area contributed by atoms with Crippen LogP contribution >= 0.6 is 23.5 Å². The number of carbonyl (C=O) groups is 1. The third kappa shape index (κ3) is 4.53. The molecule has 1 aromatic carbocycles. The molecule has 0 atom stereocenters. The lowest BCUT2D eigenvalue weighted by atomic mass is 10.3. The van der Waals surface area contributed by atoms with Gasteiger partial charge in [-0.05, 0) is 30.5 Å². The Bertz CT molecular complexity index is 776. The van der Waals surface area contributed by atoms with Crippen LogP contribution in [-0.4, -0.2) is 35.0 Å². The van der Waals surface area contributed by atoms with E-state index in [1.165, 1.54) is 11.8 Å². The van der Waals surface area contributed by atoms with Gasteiger partial charge in [0.25, 0.3) is 0 Å². The second kappa shape index (κ2) is 8.42. The van der Waals surface area contributed by atoms with E-state index < -0.39 is 5.91 Å². The Kier molecular flexibility index (Phi) is 6.28. The Hall–Kier alpha value is -2.44. The van der Waals surface area contributed by atoms with Gasteiger partial charge in [-0.3, -0.25) is 4.79 Å². The molecular weight excluding hydrogens is 348 g/mol. The van der Waals surface area contributed by atoms with Gasteiger partial charge in [0, 0.05) is 0 Å². The number of benzene rings is 1. The summed E-state index contributed by atoms with van der Waals surface area (Å²) in [4.78, 5) is 19.5. The summed E-state index contributed by atoms with van der Waals surface area (Å²) in [6.45, 7) is 0. The zero-order valence-electron chi connectivity index (χ0n) is 13.0. The molecule has 1 heterocycles. The number of thioether (sulfide) groups is 2. The zero-order chi connectivity index (χ0) is 17.5. The van der Waals surface area contributed by atoms with Crippen LogP contribution in [0, 0.1) is 11.3 Å². The van der Waals surface area contributed by atoms with Crippen molar-refractivity contribution in [2.24, 2.45) is 5.73 Å². The molecule has 7 nitrogen and oxygen atoms in total. The van der Waals surface area contributed by atoms with Crippen molar-refractivity contribution in [3.63, 3.8) is 0 Å². The first-order chi connectivity index (χ1) is 11.6. The summed E-state index contributed by atoms with van der Waals surface area (Å²) in [5.41, 5.74) is 5.32. The first-order valence-corrected chi connectivity index (χ1v) is 8.87. The van der Waals surface area contributed by atoms with E-state index in [1.807, 2.05) is 6.07 Å². The molecule has 2 aromatic rings. The van der Waals surface area contributed by atoms with Crippen LogP contribution in [0.4, 0.5) is 0 Å². The molecule has 24 heavy (non-hydrogen) atoms. The van der Waals surface area contributed by atoms with E-state index in [4.69, 9.17) is 15.2 Å². The maximum absolute atomic E-state index is 11.0. The predicted molar refractivity (Wildman–Crippen MR) is 91.5 cm³/mol. The summed E-state index contributed by atoms with van der Waals surface area (Å²) < 4.78 is 10.8. The second-order valence-electron chi connectivity index (χ2n) is 4.34. The van der Waals surface area contributed by atoms with Gasteiger partial charge in [0.15, 0.2) is 5.16 Å². The molecule has 0 fully saturated rings. The molecule has 2 rings (SSSR count). The number of hydrogen-bond donors (Lipinski definition) is 1. The van der Waals surface area contributed by atoms with Crippen LogP contribution in [0.3, 0.4) is 0 Å². The fourth-order valence-electron chi connectivity index (χ4n) is 1.66. The Labute approximate surface area is 147 Å². The third-order valence-electron chi connectivity index (χ3n) is 2.74. The van der Waals surface area contributed by atoms with Gasteiger partial charge in [-0.15, -0.1) is 0 Å². The van der Waals surface area contributed by atoms with Gasteiger partial charge in [0.1, 0.15) is 28.2 Å². The highest BCUT2D eigenvalue weighted by Gasteiger charge is 2.17. The summed E-state index contributed by atoms with van der Waals surface area (Å²) >= 11 is 2.38. The average Bonchev–Trinajstić information content (AvgIpc) is 2.60. The molecular formula is C15H14N4O3S2. The molecule has 0 aliphatic carbocycles. The van der Waals surface area contributed by atoms with E-state index >= 15 is 0 Å². The van der Waals surface area contributed by atoms with E-state index in [2.05, 4.69) is 9.97 Å². The molecule has 9 heteroatoms. The van der Waals surface area contributed by atoms with Gasteiger partial charge in [0.05, 0.1) is 12.9 Å². The van der Waals surface area contributed by atoms with Crippen LogP contribution in [-0.2, 0) is 4.79 Å². The minimum Gasteiger partial charge on any atom is -0.497 e. The van der Waals surface area contributed by atoms with Crippen molar-refractivity contribution >= 4 is 29.4 Å². The summed E-state index contributed by atoms with van der Waals surface area (Å²) in [5, 5.41) is 10.2. The van der Waals surface area contributed by atoms with E-state index in [0.717, 1.165) is 11.8 Å². The van der Waals surface area contributed by atoms with E-state index in [-0.39, 0.29) is 17.2 Å². The maximum atomic E-state index is 11.0. The zero-order valence-corrected chi connectivity index (χ0v) is 14.6. The SMILES string of the molecule is COc1ccc(Oc2nc(SC)nc(SCC(N)=O)c2C#N)cc1. The van der Waals surface area contributed by atoms with Gasteiger partial charge >= 0.3 is 0 Å². The molecule has 0 aliphatic rings. The fourth-order valence-corrected chi connectivity index (χ4v) is 2.78. The summed E-state index contributed by atoms with van der Waals surface area (Å²) in [6.07, 6.45) is 1.81. The third-order valence-corrected chi connectivity index (χ3v) is 4.29. The first-order valence-electron chi connectivity index (χ1n) is 6.66. The monoisotopic (exact) mass is 362 g/mol. The molecule has 0 aliphatic heterocycles. The Balaban J connectivity index is 2.37. The lowest BCUT2D eigenvalue weighted by molar-refractivity contribution is -0.115. The van der Waals surface area contributed by atoms with Crippen molar-refractivity contribution < 1.29 is 14.3 Å². The van der Waals surface area contributed by atoms with Crippen LogP contribution in [0.25, 0.3) is 0 Å².